The quantitative estimate of drug-likeness (QED) is 0.800. The molecule has 0 saturated heterocycles. The van der Waals surface area contributed by atoms with Crippen LogP contribution < -0.4 is 4.74 Å². The van der Waals surface area contributed by atoms with Gasteiger partial charge in [-0.3, -0.25) is 4.98 Å². The minimum Gasteiger partial charge on any atom is -0.496 e. The molecule has 1 aromatic carbocycles. The zero-order valence-electron chi connectivity index (χ0n) is 12.2. The Balaban J connectivity index is 2.27. The van der Waals surface area contributed by atoms with Crippen LogP contribution in [0.5, 0.6) is 5.75 Å². The van der Waals surface area contributed by atoms with Gasteiger partial charge in [-0.25, -0.2) is 0 Å². The van der Waals surface area contributed by atoms with E-state index in [0.29, 0.717) is 6.42 Å². The Morgan fingerprint density at radius 2 is 1.95 bits per heavy atom. The Kier molecular flexibility index (Phi) is 5.41. The van der Waals surface area contributed by atoms with Crippen molar-refractivity contribution in [3.05, 3.63) is 55.7 Å². The first-order valence-electron chi connectivity index (χ1n) is 6.56. The topological polar surface area (TPSA) is 42.4 Å². The second-order valence-corrected chi connectivity index (χ2v) is 6.65. The summed E-state index contributed by atoms with van der Waals surface area (Å²) < 4.78 is 7.29. The van der Waals surface area contributed by atoms with E-state index in [-0.39, 0.29) is 0 Å². The van der Waals surface area contributed by atoms with Crippen molar-refractivity contribution < 1.29 is 9.84 Å². The number of aromatic nitrogens is 1. The molecule has 0 aliphatic rings. The summed E-state index contributed by atoms with van der Waals surface area (Å²) in [5, 5.41) is 10.4. The van der Waals surface area contributed by atoms with Crippen molar-refractivity contribution in [3.8, 4) is 5.75 Å². The first-order valence-corrected chi connectivity index (χ1v) is 8.14. The summed E-state index contributed by atoms with van der Waals surface area (Å²) >= 11 is 6.88. The third kappa shape index (κ3) is 3.65. The SMILES string of the molecule is COc1c(C)cnc(CC(O)c2ccc(Br)c(Br)c2)c1C. The third-order valence-electron chi connectivity index (χ3n) is 3.46. The maximum Gasteiger partial charge on any atom is 0.128 e. The summed E-state index contributed by atoms with van der Waals surface area (Å²) in [5.74, 6) is 0.837. The lowest BCUT2D eigenvalue weighted by Gasteiger charge is -2.16. The predicted molar refractivity (Wildman–Crippen MR) is 90.8 cm³/mol. The molecule has 1 N–H and O–H groups in total. The average molecular weight is 415 g/mol. The van der Waals surface area contributed by atoms with Gasteiger partial charge in [0.15, 0.2) is 0 Å². The van der Waals surface area contributed by atoms with Crippen LogP contribution in [-0.2, 0) is 6.42 Å². The highest BCUT2D eigenvalue weighted by molar-refractivity contribution is 9.13. The average Bonchev–Trinajstić information content (AvgIpc) is 2.45. The van der Waals surface area contributed by atoms with Gasteiger partial charge in [-0.1, -0.05) is 6.07 Å². The van der Waals surface area contributed by atoms with Gasteiger partial charge in [-0.05, 0) is 63.4 Å². The van der Waals surface area contributed by atoms with Gasteiger partial charge in [-0.2, -0.15) is 0 Å². The highest BCUT2D eigenvalue weighted by atomic mass is 79.9. The molecule has 21 heavy (non-hydrogen) atoms. The van der Waals surface area contributed by atoms with Crippen LogP contribution in [0.25, 0.3) is 0 Å². The summed E-state index contributed by atoms with van der Waals surface area (Å²) in [6, 6.07) is 5.73. The van der Waals surface area contributed by atoms with E-state index in [2.05, 4.69) is 36.8 Å². The monoisotopic (exact) mass is 413 g/mol. The Labute approximate surface area is 141 Å². The number of ether oxygens (including phenoxy) is 1. The van der Waals surface area contributed by atoms with E-state index < -0.39 is 6.10 Å². The lowest BCUT2D eigenvalue weighted by Crippen LogP contribution is -2.07. The first-order chi connectivity index (χ1) is 9.93. The Bertz CT molecular complexity index is 659. The van der Waals surface area contributed by atoms with E-state index in [4.69, 9.17) is 4.74 Å². The summed E-state index contributed by atoms with van der Waals surface area (Å²) in [6.07, 6.45) is 1.63. The van der Waals surface area contributed by atoms with Gasteiger partial charge in [0.1, 0.15) is 5.75 Å². The van der Waals surface area contributed by atoms with E-state index in [1.807, 2.05) is 32.0 Å². The molecule has 0 amide bonds. The molecule has 1 unspecified atom stereocenters. The highest BCUT2D eigenvalue weighted by Crippen LogP contribution is 2.30. The second-order valence-electron chi connectivity index (χ2n) is 4.94. The number of pyridine rings is 1. The standard InChI is InChI=1S/C16H17Br2NO2/c1-9-8-19-14(10(2)16(9)21-3)7-15(20)11-4-5-12(17)13(18)6-11/h4-6,8,15,20H,7H2,1-3H3. The number of aryl methyl sites for hydroxylation is 1. The van der Waals surface area contributed by atoms with Crippen LogP contribution in [-0.4, -0.2) is 17.2 Å². The van der Waals surface area contributed by atoms with Gasteiger partial charge >= 0.3 is 0 Å². The lowest BCUT2D eigenvalue weighted by atomic mass is 10.0. The summed E-state index contributed by atoms with van der Waals surface area (Å²) in [6.45, 7) is 3.93. The fourth-order valence-corrected chi connectivity index (χ4v) is 2.94. The molecule has 0 radical (unpaired) electrons. The van der Waals surface area contributed by atoms with E-state index in [1.165, 1.54) is 0 Å². The van der Waals surface area contributed by atoms with E-state index >= 15 is 0 Å². The molecule has 0 saturated carbocycles. The first kappa shape index (κ1) is 16.5. The van der Waals surface area contributed by atoms with Crippen molar-refractivity contribution in [1.82, 2.24) is 4.98 Å². The number of nitrogens with zero attached hydrogens (tertiary/aromatic N) is 1. The molecule has 0 aliphatic heterocycles. The molecule has 5 heteroatoms. The third-order valence-corrected chi connectivity index (χ3v) is 5.34. The number of aliphatic hydroxyl groups is 1. The van der Waals surface area contributed by atoms with Gasteiger partial charge < -0.3 is 9.84 Å². The zero-order valence-corrected chi connectivity index (χ0v) is 15.3. The van der Waals surface area contributed by atoms with Gasteiger partial charge in [0, 0.05) is 38.4 Å². The van der Waals surface area contributed by atoms with Gasteiger partial charge in [0.25, 0.3) is 0 Å². The minimum absolute atomic E-state index is 0.455. The summed E-state index contributed by atoms with van der Waals surface area (Å²) in [5.41, 5.74) is 3.68. The molecule has 0 spiro atoms. The lowest BCUT2D eigenvalue weighted by molar-refractivity contribution is 0.176. The van der Waals surface area contributed by atoms with Crippen molar-refractivity contribution in [1.29, 1.82) is 0 Å². The highest BCUT2D eigenvalue weighted by Gasteiger charge is 2.15. The van der Waals surface area contributed by atoms with Crippen LogP contribution in [0.15, 0.2) is 33.3 Å². The molecule has 3 nitrogen and oxygen atoms in total. The number of hydrogen-bond acceptors (Lipinski definition) is 3. The predicted octanol–water partition coefficient (Wildman–Crippen LogP) is 4.51. The summed E-state index contributed by atoms with van der Waals surface area (Å²) in [4.78, 5) is 4.43. The van der Waals surface area contributed by atoms with Crippen LogP contribution in [0.3, 0.4) is 0 Å². The van der Waals surface area contributed by atoms with Crippen molar-refractivity contribution in [2.45, 2.75) is 26.4 Å². The molecule has 1 aromatic heterocycles. The smallest absolute Gasteiger partial charge is 0.128 e. The fourth-order valence-electron chi connectivity index (χ4n) is 2.30. The number of hydrogen-bond donors (Lipinski definition) is 1. The molecule has 0 fully saturated rings. The number of benzene rings is 1. The zero-order chi connectivity index (χ0) is 15.6. The molecule has 112 valence electrons. The van der Waals surface area contributed by atoms with Crippen molar-refractivity contribution in [2.24, 2.45) is 0 Å². The van der Waals surface area contributed by atoms with Gasteiger partial charge in [0.05, 0.1) is 13.2 Å². The van der Waals surface area contributed by atoms with Crippen LogP contribution in [0.2, 0.25) is 0 Å². The van der Waals surface area contributed by atoms with Crippen molar-refractivity contribution in [3.63, 3.8) is 0 Å². The number of halogens is 2. The van der Waals surface area contributed by atoms with E-state index in [1.54, 1.807) is 13.3 Å². The minimum atomic E-state index is -0.604. The number of aliphatic hydroxyl groups excluding tert-OH is 1. The fraction of sp³-hybridized carbons (Fsp3) is 0.312. The molecule has 1 atom stereocenters. The molecule has 2 aromatic rings. The maximum atomic E-state index is 10.4. The molecule has 1 heterocycles. The van der Waals surface area contributed by atoms with Crippen LogP contribution in [0.1, 0.15) is 28.5 Å². The normalized spacial score (nSPS) is 12.3. The van der Waals surface area contributed by atoms with Crippen molar-refractivity contribution in [2.75, 3.05) is 7.11 Å². The maximum absolute atomic E-state index is 10.4. The molecular weight excluding hydrogens is 398 g/mol. The summed E-state index contributed by atoms with van der Waals surface area (Å²) in [7, 11) is 1.65. The van der Waals surface area contributed by atoms with Crippen LogP contribution >= 0.6 is 31.9 Å². The Morgan fingerprint density at radius 3 is 2.57 bits per heavy atom. The number of rotatable bonds is 4. The molecule has 2 rings (SSSR count). The second kappa shape index (κ2) is 6.90. The van der Waals surface area contributed by atoms with Gasteiger partial charge in [0.2, 0.25) is 0 Å². The van der Waals surface area contributed by atoms with E-state index in [9.17, 15) is 5.11 Å². The Hall–Kier alpha value is -0.910. The largest absolute Gasteiger partial charge is 0.496 e. The van der Waals surface area contributed by atoms with Crippen LogP contribution in [0.4, 0.5) is 0 Å². The molecule has 0 bridgehead atoms. The molecular formula is C16H17Br2NO2. The van der Waals surface area contributed by atoms with Crippen LogP contribution in [0, 0.1) is 13.8 Å². The molecule has 0 aliphatic carbocycles. The number of methoxy groups -OCH3 is 1. The van der Waals surface area contributed by atoms with E-state index in [0.717, 1.165) is 37.1 Å². The van der Waals surface area contributed by atoms with Gasteiger partial charge in [-0.15, -0.1) is 0 Å². The van der Waals surface area contributed by atoms with Crippen molar-refractivity contribution >= 4 is 31.9 Å². The Morgan fingerprint density at radius 1 is 1.24 bits per heavy atom.